The van der Waals surface area contributed by atoms with Gasteiger partial charge in [0.2, 0.25) is 0 Å². The number of hydrogen-bond donors (Lipinski definition) is 0. The molecule has 88 valence electrons. The van der Waals surface area contributed by atoms with Crippen molar-refractivity contribution in [1.82, 2.24) is 0 Å². The quantitative estimate of drug-likeness (QED) is 0.416. The molecule has 1 rings (SSSR count). The third-order valence-corrected chi connectivity index (χ3v) is 2.06. The van der Waals surface area contributed by atoms with Crippen LogP contribution in [0.4, 0.5) is 13.2 Å². The van der Waals surface area contributed by atoms with Crippen molar-refractivity contribution in [3.05, 3.63) is 44.0 Å². The maximum absolute atomic E-state index is 12.2. The first-order valence-electron chi connectivity index (χ1n) is 3.96. The molecule has 0 radical (unpaired) electrons. The predicted octanol–water partition coefficient (Wildman–Crippen LogP) is 1.68. The van der Waals surface area contributed by atoms with Crippen molar-refractivity contribution in [2.24, 2.45) is 0 Å². The Hall–Kier alpha value is -1.93. The van der Waals surface area contributed by atoms with Crippen molar-refractivity contribution in [3.8, 4) is 0 Å². The minimum Gasteiger partial charge on any atom is -0.258 e. The van der Waals surface area contributed by atoms with Crippen molar-refractivity contribution >= 4 is 0 Å². The Morgan fingerprint density at radius 3 is 2.12 bits per heavy atom. The molecule has 0 saturated carbocycles. The number of halogens is 3. The Bertz CT molecular complexity index is 385. The van der Waals surface area contributed by atoms with Crippen molar-refractivity contribution in [3.63, 3.8) is 0 Å². The highest BCUT2D eigenvalue weighted by Crippen LogP contribution is 2.34. The number of nitrogens with zero attached hydrogens (tertiary/aromatic N) is 2. The van der Waals surface area contributed by atoms with Crippen LogP contribution in [0.5, 0.6) is 0 Å². The van der Waals surface area contributed by atoms with E-state index < -0.39 is 33.7 Å². The number of nitro groups is 2. The smallest absolute Gasteiger partial charge is 0.258 e. The Labute approximate surface area is 86.3 Å². The molecule has 1 aliphatic rings. The average molecular weight is 238 g/mol. The minimum absolute atomic E-state index is 0.0347. The van der Waals surface area contributed by atoms with Gasteiger partial charge in [0.05, 0.1) is 11.6 Å². The number of allylic oxidation sites excluding steroid dienone is 2. The summed E-state index contributed by atoms with van der Waals surface area (Å²) in [5, 5.41) is 21.0. The molecular formula is C7H5F3N2O4. The first-order chi connectivity index (χ1) is 7.20. The SMILES string of the molecule is O=[N+]([O-])C1([N+](=O)[O-])C=C(C(F)(F)F)C=CC1. The minimum atomic E-state index is -4.84. The molecule has 0 unspecified atom stereocenters. The molecule has 0 bridgehead atoms. The predicted molar refractivity (Wildman–Crippen MR) is 44.6 cm³/mol. The Balaban J connectivity index is 3.27. The molecule has 0 heterocycles. The molecule has 0 aromatic heterocycles. The molecular weight excluding hydrogens is 233 g/mol. The molecule has 0 aromatic rings. The summed E-state index contributed by atoms with van der Waals surface area (Å²) in [6, 6.07) is 0. The van der Waals surface area contributed by atoms with Crippen LogP contribution < -0.4 is 0 Å². The van der Waals surface area contributed by atoms with Crippen LogP contribution in [0, 0.1) is 20.2 Å². The van der Waals surface area contributed by atoms with Crippen LogP contribution in [0.2, 0.25) is 0 Å². The second-order valence-electron chi connectivity index (χ2n) is 3.10. The van der Waals surface area contributed by atoms with E-state index in [0.717, 1.165) is 6.08 Å². The van der Waals surface area contributed by atoms with E-state index in [1.807, 2.05) is 0 Å². The van der Waals surface area contributed by atoms with Crippen molar-refractivity contribution in [1.29, 1.82) is 0 Å². The van der Waals surface area contributed by atoms with Crippen molar-refractivity contribution in [2.75, 3.05) is 0 Å². The van der Waals surface area contributed by atoms with Crippen LogP contribution in [-0.4, -0.2) is 21.7 Å². The van der Waals surface area contributed by atoms with Gasteiger partial charge in [0.1, 0.15) is 16.3 Å². The molecule has 0 amide bonds. The highest BCUT2D eigenvalue weighted by molar-refractivity contribution is 5.30. The molecule has 0 N–H and O–H groups in total. The van der Waals surface area contributed by atoms with E-state index >= 15 is 0 Å². The third-order valence-electron chi connectivity index (χ3n) is 2.06. The number of rotatable bonds is 2. The van der Waals surface area contributed by atoms with Crippen molar-refractivity contribution in [2.45, 2.75) is 18.3 Å². The van der Waals surface area contributed by atoms with Gasteiger partial charge in [0, 0.05) is 0 Å². The van der Waals surface area contributed by atoms with E-state index in [1.54, 1.807) is 0 Å². The Kier molecular flexibility index (Phi) is 2.71. The van der Waals surface area contributed by atoms with Gasteiger partial charge in [0.25, 0.3) is 0 Å². The van der Waals surface area contributed by atoms with E-state index in [0.29, 0.717) is 6.08 Å². The Morgan fingerprint density at radius 2 is 1.75 bits per heavy atom. The Morgan fingerprint density at radius 1 is 1.25 bits per heavy atom. The van der Waals surface area contributed by atoms with Crippen LogP contribution in [-0.2, 0) is 0 Å². The third kappa shape index (κ3) is 1.88. The number of alkyl halides is 3. The summed E-state index contributed by atoms with van der Waals surface area (Å²) < 4.78 is 36.7. The summed E-state index contributed by atoms with van der Waals surface area (Å²) in [6.07, 6.45) is -4.15. The van der Waals surface area contributed by atoms with E-state index in [9.17, 15) is 33.4 Å². The molecule has 1 aliphatic carbocycles. The summed E-state index contributed by atoms with van der Waals surface area (Å²) >= 11 is 0. The van der Waals surface area contributed by atoms with Gasteiger partial charge in [-0.15, -0.1) is 0 Å². The lowest BCUT2D eigenvalue weighted by molar-refractivity contribution is -0.780. The van der Waals surface area contributed by atoms with Gasteiger partial charge in [-0.05, 0) is 0 Å². The largest absolute Gasteiger partial charge is 0.481 e. The highest BCUT2D eigenvalue weighted by Gasteiger charge is 2.56. The molecule has 6 nitrogen and oxygen atoms in total. The van der Waals surface area contributed by atoms with Gasteiger partial charge in [-0.1, -0.05) is 12.2 Å². The molecule has 0 saturated heterocycles. The van der Waals surface area contributed by atoms with Crippen LogP contribution in [0.15, 0.2) is 23.8 Å². The number of hydrogen-bond acceptors (Lipinski definition) is 4. The average Bonchev–Trinajstić information content (AvgIpc) is 2.16. The van der Waals surface area contributed by atoms with Gasteiger partial charge >= 0.3 is 11.8 Å². The lowest BCUT2D eigenvalue weighted by atomic mass is 9.97. The van der Waals surface area contributed by atoms with Crippen molar-refractivity contribution < 1.29 is 23.0 Å². The fourth-order valence-corrected chi connectivity index (χ4v) is 1.21. The van der Waals surface area contributed by atoms with Crippen LogP contribution in [0.3, 0.4) is 0 Å². The van der Waals surface area contributed by atoms with Gasteiger partial charge in [-0.2, -0.15) is 13.2 Å². The fraction of sp³-hybridized carbons (Fsp3) is 0.429. The standard InChI is InChI=1S/C7H5F3N2O4/c8-7(9,10)5-2-1-3-6(4-5,11(13)14)12(15)16/h1-2,4H,3H2. The van der Waals surface area contributed by atoms with Gasteiger partial charge in [-0.3, -0.25) is 20.2 Å². The molecule has 9 heteroatoms. The monoisotopic (exact) mass is 238 g/mol. The highest BCUT2D eigenvalue weighted by atomic mass is 19.4. The lowest BCUT2D eigenvalue weighted by Gasteiger charge is -2.17. The maximum Gasteiger partial charge on any atom is 0.481 e. The molecule has 0 atom stereocenters. The zero-order valence-corrected chi connectivity index (χ0v) is 7.60. The first-order valence-corrected chi connectivity index (χ1v) is 3.96. The summed E-state index contributed by atoms with van der Waals surface area (Å²) in [6.45, 7) is 0. The topological polar surface area (TPSA) is 86.3 Å². The van der Waals surface area contributed by atoms with Crippen LogP contribution >= 0.6 is 0 Å². The normalized spacial score (nSPS) is 19.1. The van der Waals surface area contributed by atoms with E-state index in [4.69, 9.17) is 0 Å². The van der Waals surface area contributed by atoms with Crippen LogP contribution in [0.25, 0.3) is 0 Å². The summed E-state index contributed by atoms with van der Waals surface area (Å²) in [5.41, 5.74) is -4.30. The first kappa shape index (κ1) is 12.1. The van der Waals surface area contributed by atoms with Gasteiger partial charge < -0.3 is 0 Å². The lowest BCUT2D eigenvalue weighted by Crippen LogP contribution is -2.45. The fourth-order valence-electron chi connectivity index (χ4n) is 1.21. The molecule has 0 aliphatic heterocycles. The van der Waals surface area contributed by atoms with E-state index in [2.05, 4.69) is 0 Å². The second kappa shape index (κ2) is 3.58. The van der Waals surface area contributed by atoms with E-state index in [-0.39, 0.29) is 6.08 Å². The molecule has 0 fully saturated rings. The molecule has 16 heavy (non-hydrogen) atoms. The molecule has 0 aromatic carbocycles. The van der Waals surface area contributed by atoms with Gasteiger partial charge in [-0.25, -0.2) is 0 Å². The zero-order valence-electron chi connectivity index (χ0n) is 7.60. The summed E-state index contributed by atoms with van der Waals surface area (Å²) in [7, 11) is 0. The van der Waals surface area contributed by atoms with Gasteiger partial charge in [0.15, 0.2) is 0 Å². The molecule has 0 spiro atoms. The van der Waals surface area contributed by atoms with E-state index in [1.165, 1.54) is 0 Å². The van der Waals surface area contributed by atoms with Crippen LogP contribution in [0.1, 0.15) is 6.42 Å². The summed E-state index contributed by atoms with van der Waals surface area (Å²) in [4.78, 5) is 18.4. The maximum atomic E-state index is 12.2. The summed E-state index contributed by atoms with van der Waals surface area (Å²) in [5.74, 6) is 0. The second-order valence-corrected chi connectivity index (χ2v) is 3.10. The zero-order chi connectivity index (χ0) is 12.6.